The molecule has 0 atom stereocenters. The number of aromatic nitrogens is 1. The topological polar surface area (TPSA) is 122 Å². The second kappa shape index (κ2) is 12.1. The molecule has 0 aliphatic carbocycles. The van der Waals surface area contributed by atoms with Crippen LogP contribution in [-0.4, -0.2) is 40.6 Å². The molecule has 32 heavy (non-hydrogen) atoms. The number of nitrogens with two attached hydrogens (primary N) is 2. The Hall–Kier alpha value is -3.07. The van der Waals surface area contributed by atoms with Crippen LogP contribution in [0.1, 0.15) is 52.2 Å². The number of halogens is 2. The van der Waals surface area contributed by atoms with Gasteiger partial charge in [-0.15, -0.1) is 0 Å². The van der Waals surface area contributed by atoms with Gasteiger partial charge < -0.3 is 21.9 Å². The van der Waals surface area contributed by atoms with Crippen molar-refractivity contribution in [1.82, 2.24) is 4.98 Å². The van der Waals surface area contributed by atoms with Crippen molar-refractivity contribution in [2.75, 3.05) is 11.9 Å². The number of aliphatic imine (C=N–C) groups is 2. The minimum Gasteiger partial charge on any atom is -0.404 e. The molecule has 1 aromatic heterocycles. The average Bonchev–Trinajstić information content (AvgIpc) is 2.74. The average molecular weight is 449 g/mol. The number of allylic oxidation sites excluding steroid dienone is 3. The Morgan fingerprint density at radius 2 is 2.00 bits per heavy atom. The quantitative estimate of drug-likeness (QED) is 0.316. The molecular formula is C23H34F2N6O. The van der Waals surface area contributed by atoms with Crippen LogP contribution in [0.5, 0.6) is 0 Å². The fraction of sp³-hybridized carbons (Fsp3) is 0.435. The fourth-order valence-corrected chi connectivity index (χ4v) is 2.35. The molecule has 0 radical (unpaired) electrons. The number of hydrogen-bond acceptors (Lipinski definition) is 7. The molecule has 1 heterocycles. The first-order valence-corrected chi connectivity index (χ1v) is 10.3. The number of pyridine rings is 1. The fourth-order valence-electron chi connectivity index (χ4n) is 2.35. The van der Waals surface area contributed by atoms with E-state index >= 15 is 0 Å². The molecule has 9 heteroatoms. The number of alkyl halides is 2. The highest BCUT2D eigenvalue weighted by atomic mass is 19.3. The summed E-state index contributed by atoms with van der Waals surface area (Å²) in [7, 11) is 0. The van der Waals surface area contributed by atoms with Crippen LogP contribution < -0.4 is 16.8 Å². The zero-order valence-corrected chi connectivity index (χ0v) is 19.6. The van der Waals surface area contributed by atoms with E-state index in [4.69, 9.17) is 11.5 Å². The molecule has 0 unspecified atom stereocenters. The Labute approximate surface area is 188 Å². The first kappa shape index (κ1) is 27.0. The SMILES string of the molecule is CC/C(C)=C(N)/C=C(\N=C(/C)C(F)F)Nc1cc(C)c(/C(C=NC(C)(C)CO)=C/N)cn1. The molecule has 0 spiro atoms. The Kier molecular flexibility index (Phi) is 10.2. The van der Waals surface area contributed by atoms with Gasteiger partial charge in [-0.25, -0.2) is 18.8 Å². The molecule has 1 aromatic rings. The molecule has 176 valence electrons. The summed E-state index contributed by atoms with van der Waals surface area (Å²) in [4.78, 5) is 12.7. The number of anilines is 1. The molecule has 0 saturated heterocycles. The van der Waals surface area contributed by atoms with Crippen LogP contribution in [0.3, 0.4) is 0 Å². The van der Waals surface area contributed by atoms with Gasteiger partial charge in [0, 0.05) is 41.5 Å². The van der Waals surface area contributed by atoms with E-state index in [9.17, 15) is 13.9 Å². The standard InChI is InChI=1S/C23H34F2N6O/c1-7-14(2)19(27)9-21(30-16(4)22(24)25)31-20-8-15(3)18(12-28-20)17(10-26)11-29-23(5,6)13-32/h8-12,22,32H,7,13,26-27H2,1-6H3,(H,28,31)/b17-10+,19-14-,21-9+,29-11?,30-16+. The number of aliphatic hydroxyl groups is 1. The van der Waals surface area contributed by atoms with Crippen LogP contribution in [0.2, 0.25) is 0 Å². The summed E-state index contributed by atoms with van der Waals surface area (Å²) in [5, 5.41) is 12.3. The van der Waals surface area contributed by atoms with E-state index < -0.39 is 12.0 Å². The monoisotopic (exact) mass is 448 g/mol. The van der Waals surface area contributed by atoms with Crippen molar-refractivity contribution in [2.24, 2.45) is 21.5 Å². The summed E-state index contributed by atoms with van der Waals surface area (Å²) in [5.74, 6) is 0.572. The largest absolute Gasteiger partial charge is 0.404 e. The minimum absolute atomic E-state index is 0.107. The lowest BCUT2D eigenvalue weighted by Gasteiger charge is -2.16. The smallest absolute Gasteiger partial charge is 0.276 e. The van der Waals surface area contributed by atoms with Crippen LogP contribution in [0.25, 0.3) is 5.57 Å². The summed E-state index contributed by atoms with van der Waals surface area (Å²) < 4.78 is 26.1. The summed E-state index contributed by atoms with van der Waals surface area (Å²) in [5.41, 5.74) is 14.4. The van der Waals surface area contributed by atoms with Gasteiger partial charge in [-0.1, -0.05) is 12.5 Å². The van der Waals surface area contributed by atoms with Crippen molar-refractivity contribution in [1.29, 1.82) is 0 Å². The van der Waals surface area contributed by atoms with Crippen LogP contribution in [-0.2, 0) is 0 Å². The van der Waals surface area contributed by atoms with E-state index in [0.29, 0.717) is 17.1 Å². The van der Waals surface area contributed by atoms with E-state index in [2.05, 4.69) is 20.3 Å². The maximum atomic E-state index is 13.0. The van der Waals surface area contributed by atoms with Gasteiger partial charge in [0.05, 0.1) is 17.9 Å². The lowest BCUT2D eigenvalue weighted by molar-refractivity contribution is 0.223. The number of rotatable bonds is 10. The summed E-state index contributed by atoms with van der Waals surface area (Å²) in [6.07, 6.45) is 4.16. The number of hydrogen-bond donors (Lipinski definition) is 4. The predicted octanol–water partition coefficient (Wildman–Crippen LogP) is 4.15. The van der Waals surface area contributed by atoms with E-state index in [1.54, 1.807) is 32.3 Å². The molecule has 7 nitrogen and oxygen atoms in total. The van der Waals surface area contributed by atoms with Crippen molar-refractivity contribution in [2.45, 2.75) is 59.9 Å². The third-order valence-electron chi connectivity index (χ3n) is 4.73. The zero-order valence-electron chi connectivity index (χ0n) is 19.6. The van der Waals surface area contributed by atoms with Crippen LogP contribution in [0.15, 0.2) is 51.6 Å². The number of aliphatic hydroxyl groups excluding tert-OH is 1. The molecule has 0 aliphatic rings. The second-order valence-corrected chi connectivity index (χ2v) is 8.03. The van der Waals surface area contributed by atoms with Crippen molar-refractivity contribution in [3.05, 3.63) is 52.8 Å². The Morgan fingerprint density at radius 1 is 1.34 bits per heavy atom. The second-order valence-electron chi connectivity index (χ2n) is 8.03. The van der Waals surface area contributed by atoms with Crippen LogP contribution >= 0.6 is 0 Å². The van der Waals surface area contributed by atoms with Crippen molar-refractivity contribution >= 4 is 23.3 Å². The first-order valence-electron chi connectivity index (χ1n) is 10.3. The Bertz CT molecular complexity index is 946. The van der Waals surface area contributed by atoms with Crippen molar-refractivity contribution in [3.63, 3.8) is 0 Å². The molecule has 6 N–H and O–H groups in total. The van der Waals surface area contributed by atoms with Crippen LogP contribution in [0.4, 0.5) is 14.6 Å². The number of nitrogens with one attached hydrogen (secondary N) is 1. The van der Waals surface area contributed by atoms with Crippen molar-refractivity contribution < 1.29 is 13.9 Å². The highest BCUT2D eigenvalue weighted by molar-refractivity contribution is 6.10. The van der Waals surface area contributed by atoms with Crippen LogP contribution in [0, 0.1) is 6.92 Å². The minimum atomic E-state index is -2.69. The zero-order chi connectivity index (χ0) is 24.5. The highest BCUT2D eigenvalue weighted by Gasteiger charge is 2.14. The van der Waals surface area contributed by atoms with Gasteiger partial charge in [-0.2, -0.15) is 0 Å². The normalized spacial score (nSPS) is 14.9. The predicted molar refractivity (Wildman–Crippen MR) is 129 cm³/mol. The molecular weight excluding hydrogens is 414 g/mol. The molecule has 0 aromatic carbocycles. The lowest BCUT2D eigenvalue weighted by atomic mass is 10.0. The molecule has 1 rings (SSSR count). The van der Waals surface area contributed by atoms with Gasteiger partial charge >= 0.3 is 0 Å². The molecule has 0 amide bonds. The summed E-state index contributed by atoms with van der Waals surface area (Å²) in [6, 6.07) is 1.75. The van der Waals surface area contributed by atoms with Gasteiger partial charge in [0.25, 0.3) is 6.43 Å². The maximum Gasteiger partial charge on any atom is 0.276 e. The third-order valence-corrected chi connectivity index (χ3v) is 4.73. The Balaban J connectivity index is 3.31. The summed E-state index contributed by atoms with van der Waals surface area (Å²) in [6.45, 7) is 10.4. The number of nitrogens with zero attached hydrogens (tertiary/aromatic N) is 3. The third kappa shape index (κ3) is 8.22. The molecule has 0 saturated carbocycles. The maximum absolute atomic E-state index is 13.0. The molecule has 0 bridgehead atoms. The summed E-state index contributed by atoms with van der Waals surface area (Å²) >= 11 is 0. The van der Waals surface area contributed by atoms with E-state index in [0.717, 1.165) is 23.1 Å². The first-order chi connectivity index (χ1) is 14.9. The van der Waals surface area contributed by atoms with Gasteiger partial charge in [-0.05, 0) is 52.7 Å². The number of aryl methyl sites for hydroxylation is 1. The van der Waals surface area contributed by atoms with E-state index in [1.165, 1.54) is 19.2 Å². The van der Waals surface area contributed by atoms with E-state index in [-0.39, 0.29) is 18.1 Å². The molecule has 0 aliphatic heterocycles. The van der Waals surface area contributed by atoms with Gasteiger partial charge in [0.15, 0.2) is 0 Å². The highest BCUT2D eigenvalue weighted by Crippen LogP contribution is 2.21. The van der Waals surface area contributed by atoms with Gasteiger partial charge in [0.2, 0.25) is 0 Å². The van der Waals surface area contributed by atoms with Gasteiger partial charge in [0.1, 0.15) is 11.6 Å². The lowest BCUT2D eigenvalue weighted by Crippen LogP contribution is -2.22. The van der Waals surface area contributed by atoms with E-state index in [1.807, 2.05) is 20.8 Å². The Morgan fingerprint density at radius 3 is 2.50 bits per heavy atom. The van der Waals surface area contributed by atoms with Gasteiger partial charge in [-0.3, -0.25) is 4.99 Å². The van der Waals surface area contributed by atoms with Crippen molar-refractivity contribution in [3.8, 4) is 0 Å². The molecule has 0 fully saturated rings.